The topological polar surface area (TPSA) is 20.3 Å². The van der Waals surface area contributed by atoms with E-state index in [1.165, 1.54) is 36.8 Å². The largest absolute Gasteiger partial charge is 0.315 e. The van der Waals surface area contributed by atoms with Crippen LogP contribution >= 0.6 is 15.9 Å². The lowest BCUT2D eigenvalue weighted by Crippen LogP contribution is -2.20. The normalized spacial score (nSPS) is 21.4. The van der Waals surface area contributed by atoms with Gasteiger partial charge in [0.25, 0.3) is 0 Å². The average molecular weight is 308 g/mol. The maximum absolute atomic E-state index is 11.7. The van der Waals surface area contributed by atoms with E-state index in [1.807, 2.05) is 7.05 Å². The van der Waals surface area contributed by atoms with Gasteiger partial charge in [-0.25, -0.2) is 0 Å². The summed E-state index contributed by atoms with van der Waals surface area (Å²) in [4.78, 5) is 13.9. The Kier molecular flexibility index (Phi) is 3.18. The fraction of sp³-hybridized carbons (Fsp3) is 0.533. The number of alkyl halides is 1. The van der Waals surface area contributed by atoms with Crippen LogP contribution in [-0.4, -0.2) is 13.0 Å². The van der Waals surface area contributed by atoms with Crippen molar-refractivity contribution in [2.45, 2.75) is 36.9 Å². The highest BCUT2D eigenvalue weighted by Gasteiger charge is 2.28. The van der Waals surface area contributed by atoms with Crippen molar-refractivity contribution in [3.8, 4) is 0 Å². The van der Waals surface area contributed by atoms with Crippen LogP contribution in [0.2, 0.25) is 0 Å². The van der Waals surface area contributed by atoms with E-state index in [2.05, 4.69) is 34.1 Å². The van der Waals surface area contributed by atoms with Crippen LogP contribution in [0.1, 0.15) is 41.6 Å². The van der Waals surface area contributed by atoms with Crippen LogP contribution in [-0.2, 0) is 11.2 Å². The van der Waals surface area contributed by atoms with Gasteiger partial charge in [0.2, 0.25) is 5.91 Å². The Bertz CT molecular complexity index is 479. The lowest BCUT2D eigenvalue weighted by Gasteiger charge is -2.18. The van der Waals surface area contributed by atoms with Crippen LogP contribution in [0.25, 0.3) is 0 Å². The Morgan fingerprint density at radius 2 is 2.06 bits per heavy atom. The molecule has 1 aromatic rings. The summed E-state index contributed by atoms with van der Waals surface area (Å²) in [5.41, 5.74) is 3.60. The summed E-state index contributed by atoms with van der Waals surface area (Å²) in [5.74, 6) is 0.965. The summed E-state index contributed by atoms with van der Waals surface area (Å²) in [7, 11) is 1.86. The van der Waals surface area contributed by atoms with Crippen LogP contribution < -0.4 is 4.90 Å². The first-order valence-corrected chi connectivity index (χ1v) is 7.62. The van der Waals surface area contributed by atoms with Gasteiger partial charge in [0.15, 0.2) is 0 Å². The molecule has 2 nitrogen and oxygen atoms in total. The molecule has 0 radical (unpaired) electrons. The van der Waals surface area contributed by atoms with Crippen LogP contribution in [0.4, 0.5) is 5.69 Å². The van der Waals surface area contributed by atoms with Gasteiger partial charge in [-0.3, -0.25) is 4.79 Å². The van der Waals surface area contributed by atoms with E-state index >= 15 is 0 Å². The zero-order valence-corrected chi connectivity index (χ0v) is 12.2. The number of rotatable bonds is 2. The van der Waals surface area contributed by atoms with Crippen molar-refractivity contribution in [2.75, 3.05) is 11.9 Å². The summed E-state index contributed by atoms with van der Waals surface area (Å²) in [6, 6.07) is 6.49. The first-order valence-electron chi connectivity index (χ1n) is 6.70. The van der Waals surface area contributed by atoms with E-state index in [0.29, 0.717) is 11.2 Å². The van der Waals surface area contributed by atoms with Crippen molar-refractivity contribution >= 4 is 27.5 Å². The quantitative estimate of drug-likeness (QED) is 0.760. The molecule has 0 bridgehead atoms. The second kappa shape index (κ2) is 4.69. The molecule has 1 unspecified atom stereocenters. The lowest BCUT2D eigenvalue weighted by atomic mass is 9.96. The molecule has 1 heterocycles. The molecule has 0 saturated heterocycles. The van der Waals surface area contributed by atoms with Gasteiger partial charge < -0.3 is 4.90 Å². The van der Waals surface area contributed by atoms with Crippen LogP contribution in [0.5, 0.6) is 0 Å². The lowest BCUT2D eigenvalue weighted by molar-refractivity contribution is -0.117. The second-order valence-electron chi connectivity index (χ2n) is 5.46. The summed E-state index contributed by atoms with van der Waals surface area (Å²) >= 11 is 3.85. The smallest absolute Gasteiger partial charge is 0.231 e. The number of carbonyl (C=O) groups is 1. The van der Waals surface area contributed by atoms with Gasteiger partial charge in [0, 0.05) is 17.6 Å². The number of benzene rings is 1. The molecule has 0 spiro atoms. The molecular formula is C15H18BrNO. The fourth-order valence-electron chi connectivity index (χ4n) is 3.18. The first-order chi connectivity index (χ1) is 8.66. The zero-order valence-electron chi connectivity index (χ0n) is 10.7. The number of carbonyl (C=O) groups excluding carboxylic acids is 1. The molecule has 3 heteroatoms. The van der Waals surface area contributed by atoms with Crippen molar-refractivity contribution in [1.29, 1.82) is 0 Å². The molecule has 0 aromatic heterocycles. The predicted octanol–water partition coefficient (Wildman–Crippen LogP) is 3.83. The van der Waals surface area contributed by atoms with Crippen LogP contribution in [0.3, 0.4) is 0 Å². The zero-order chi connectivity index (χ0) is 12.7. The minimum absolute atomic E-state index is 0.203. The van der Waals surface area contributed by atoms with E-state index in [1.54, 1.807) is 4.90 Å². The molecule has 1 amide bonds. The van der Waals surface area contributed by atoms with Crippen molar-refractivity contribution in [3.05, 3.63) is 29.3 Å². The number of amides is 1. The highest BCUT2D eigenvalue weighted by atomic mass is 79.9. The molecule has 1 atom stereocenters. The number of likely N-dealkylation sites (N-methyl/N-ethyl adjacent to an activating group) is 1. The number of fused-ring (bicyclic) bond motifs is 1. The van der Waals surface area contributed by atoms with Gasteiger partial charge in [0.05, 0.1) is 6.42 Å². The third-order valence-corrected chi connectivity index (χ3v) is 5.59. The molecule has 96 valence electrons. The van der Waals surface area contributed by atoms with Gasteiger partial charge in [0.1, 0.15) is 0 Å². The molecular weight excluding hydrogens is 290 g/mol. The molecule has 1 fully saturated rings. The maximum atomic E-state index is 11.7. The van der Waals surface area contributed by atoms with Crippen molar-refractivity contribution in [1.82, 2.24) is 0 Å². The molecule has 1 aromatic carbocycles. The number of nitrogens with zero attached hydrogens (tertiary/aromatic N) is 1. The molecule has 3 rings (SSSR count). The predicted molar refractivity (Wildman–Crippen MR) is 77.2 cm³/mol. The van der Waals surface area contributed by atoms with Crippen molar-refractivity contribution < 1.29 is 4.79 Å². The third-order valence-electron chi connectivity index (χ3n) is 4.31. The summed E-state index contributed by atoms with van der Waals surface area (Å²) in [6.07, 6.45) is 5.93. The van der Waals surface area contributed by atoms with E-state index < -0.39 is 0 Å². The van der Waals surface area contributed by atoms with Crippen LogP contribution in [0, 0.1) is 5.92 Å². The summed E-state index contributed by atoms with van der Waals surface area (Å²) in [5, 5.41) is 0. The molecule has 1 aliphatic heterocycles. The van der Waals surface area contributed by atoms with Crippen molar-refractivity contribution in [2.24, 2.45) is 5.92 Å². The highest BCUT2D eigenvalue weighted by molar-refractivity contribution is 9.09. The monoisotopic (exact) mass is 307 g/mol. The SMILES string of the molecule is CN1C(=O)Cc2cc(C(Br)C3CCCC3)ccc21. The highest BCUT2D eigenvalue weighted by Crippen LogP contribution is 2.42. The van der Waals surface area contributed by atoms with E-state index in [0.717, 1.165) is 11.6 Å². The van der Waals surface area contributed by atoms with Crippen molar-refractivity contribution in [3.63, 3.8) is 0 Å². The van der Waals surface area contributed by atoms with E-state index in [4.69, 9.17) is 0 Å². The minimum Gasteiger partial charge on any atom is -0.315 e. The Morgan fingerprint density at radius 3 is 2.78 bits per heavy atom. The molecule has 1 aliphatic carbocycles. The Morgan fingerprint density at radius 1 is 1.33 bits per heavy atom. The van der Waals surface area contributed by atoms with Gasteiger partial charge >= 0.3 is 0 Å². The molecule has 2 aliphatic rings. The Balaban J connectivity index is 1.87. The molecule has 1 saturated carbocycles. The summed E-state index contributed by atoms with van der Waals surface area (Å²) < 4.78 is 0. The average Bonchev–Trinajstić information content (AvgIpc) is 2.98. The van der Waals surface area contributed by atoms with Gasteiger partial charge in [-0.05, 0) is 36.0 Å². The van der Waals surface area contributed by atoms with Gasteiger partial charge in [-0.1, -0.05) is 40.9 Å². The van der Waals surface area contributed by atoms with Gasteiger partial charge in [-0.2, -0.15) is 0 Å². The number of halogens is 1. The third kappa shape index (κ3) is 1.99. The van der Waals surface area contributed by atoms with Crippen LogP contribution in [0.15, 0.2) is 18.2 Å². The standard InChI is InChI=1S/C15H18BrNO/c1-17-13-7-6-11(8-12(13)9-14(17)18)15(16)10-4-2-3-5-10/h6-8,10,15H,2-5,9H2,1H3. The second-order valence-corrected chi connectivity index (χ2v) is 6.45. The Labute approximate surface area is 116 Å². The number of anilines is 1. The fourth-order valence-corrected chi connectivity index (χ4v) is 4.00. The first kappa shape index (κ1) is 12.2. The van der Waals surface area contributed by atoms with Gasteiger partial charge in [-0.15, -0.1) is 0 Å². The Hall–Kier alpha value is -0.830. The number of hydrogen-bond acceptors (Lipinski definition) is 1. The number of hydrogen-bond donors (Lipinski definition) is 0. The molecule has 0 N–H and O–H groups in total. The van der Waals surface area contributed by atoms with E-state index in [9.17, 15) is 4.79 Å². The minimum atomic E-state index is 0.203. The maximum Gasteiger partial charge on any atom is 0.231 e. The van der Waals surface area contributed by atoms with E-state index in [-0.39, 0.29) is 5.91 Å². The summed E-state index contributed by atoms with van der Waals surface area (Å²) in [6.45, 7) is 0. The molecule has 18 heavy (non-hydrogen) atoms.